The average Bonchev–Trinajstić information content (AvgIpc) is 3.01. The smallest absolute Gasteiger partial charge is 0.274 e. The summed E-state index contributed by atoms with van der Waals surface area (Å²) in [5.41, 5.74) is 1.23. The summed E-state index contributed by atoms with van der Waals surface area (Å²) in [6, 6.07) is 2.00. The van der Waals surface area contributed by atoms with Gasteiger partial charge >= 0.3 is 0 Å². The highest BCUT2D eigenvalue weighted by Gasteiger charge is 2.36. The number of hydrogen-bond acceptors (Lipinski definition) is 6. The Bertz CT molecular complexity index is 748. The number of carbonyl (C=O) groups is 1. The molecular formula is C19H26N6O2. The Morgan fingerprint density at radius 3 is 2.89 bits per heavy atom. The summed E-state index contributed by atoms with van der Waals surface area (Å²) >= 11 is 0. The van der Waals surface area contributed by atoms with Gasteiger partial charge in [-0.3, -0.25) is 14.5 Å². The van der Waals surface area contributed by atoms with E-state index in [1.54, 1.807) is 12.4 Å². The normalized spacial score (nSPS) is 23.2. The highest BCUT2D eigenvalue weighted by Crippen LogP contribution is 2.21. The lowest BCUT2D eigenvalue weighted by Gasteiger charge is -2.31. The number of carbonyl (C=O) groups excluding carboxylic acids is 1. The van der Waals surface area contributed by atoms with Crippen molar-refractivity contribution in [1.29, 1.82) is 0 Å². The number of rotatable bonds is 5. The molecule has 0 spiro atoms. The van der Waals surface area contributed by atoms with E-state index in [-0.39, 0.29) is 11.9 Å². The zero-order chi connectivity index (χ0) is 18.6. The molecule has 0 unspecified atom stereocenters. The molecule has 8 heteroatoms. The van der Waals surface area contributed by atoms with Crippen molar-refractivity contribution >= 4 is 5.91 Å². The molecule has 2 aliphatic heterocycles. The van der Waals surface area contributed by atoms with Gasteiger partial charge in [0.15, 0.2) is 0 Å². The van der Waals surface area contributed by atoms with Gasteiger partial charge in [0.25, 0.3) is 5.91 Å². The lowest BCUT2D eigenvalue weighted by molar-refractivity contribution is 0.0432. The van der Waals surface area contributed by atoms with Crippen molar-refractivity contribution in [2.75, 3.05) is 39.4 Å². The Kier molecular flexibility index (Phi) is 5.45. The first-order valence-corrected chi connectivity index (χ1v) is 9.56. The molecule has 0 radical (unpaired) electrons. The molecular weight excluding hydrogens is 344 g/mol. The molecule has 0 saturated carbocycles. The molecule has 2 fully saturated rings. The topological polar surface area (TPSA) is 76.4 Å². The SMILES string of the molecule is Cc1cnc(C(=O)N2C[C@H]3COC[C@@H]2CN(CCCn2cccn2)C3)cn1. The van der Waals surface area contributed by atoms with Gasteiger partial charge in [0.05, 0.1) is 31.1 Å². The second-order valence-corrected chi connectivity index (χ2v) is 7.44. The summed E-state index contributed by atoms with van der Waals surface area (Å²) in [5, 5.41) is 4.26. The fraction of sp³-hybridized carbons (Fsp3) is 0.579. The fourth-order valence-electron chi connectivity index (χ4n) is 3.91. The molecule has 0 aliphatic carbocycles. The summed E-state index contributed by atoms with van der Waals surface area (Å²) in [5.74, 6) is 0.283. The second kappa shape index (κ2) is 8.14. The predicted octanol–water partition coefficient (Wildman–Crippen LogP) is 0.845. The second-order valence-electron chi connectivity index (χ2n) is 7.44. The number of hydrogen-bond donors (Lipinski definition) is 0. The van der Waals surface area contributed by atoms with Gasteiger partial charge in [0, 0.05) is 50.7 Å². The van der Waals surface area contributed by atoms with Crippen molar-refractivity contribution in [2.24, 2.45) is 5.92 Å². The van der Waals surface area contributed by atoms with E-state index < -0.39 is 0 Å². The molecule has 2 bridgehead atoms. The van der Waals surface area contributed by atoms with Crippen LogP contribution in [-0.4, -0.2) is 80.9 Å². The number of amides is 1. The molecule has 0 aromatic carbocycles. The van der Waals surface area contributed by atoms with Crippen molar-refractivity contribution in [3.8, 4) is 0 Å². The van der Waals surface area contributed by atoms with E-state index in [0.717, 1.165) is 38.3 Å². The lowest BCUT2D eigenvalue weighted by Crippen LogP contribution is -2.47. The van der Waals surface area contributed by atoms with Crippen LogP contribution in [-0.2, 0) is 11.3 Å². The number of fused-ring (bicyclic) bond motifs is 3. The molecule has 1 amide bonds. The molecule has 0 N–H and O–H groups in total. The third-order valence-electron chi connectivity index (χ3n) is 5.23. The third-order valence-corrected chi connectivity index (χ3v) is 5.23. The van der Waals surface area contributed by atoms with E-state index in [2.05, 4.69) is 20.0 Å². The van der Waals surface area contributed by atoms with Crippen molar-refractivity contribution in [3.05, 3.63) is 42.2 Å². The number of aromatic nitrogens is 4. The van der Waals surface area contributed by atoms with E-state index in [4.69, 9.17) is 4.74 Å². The maximum atomic E-state index is 13.0. The first-order valence-electron chi connectivity index (χ1n) is 9.56. The molecule has 8 nitrogen and oxygen atoms in total. The zero-order valence-electron chi connectivity index (χ0n) is 15.7. The Balaban J connectivity index is 1.41. The molecule has 2 saturated heterocycles. The standard InChI is InChI=1S/C19H26N6O2/c1-15-8-21-18(9-20-15)19(26)25-11-16-10-23(12-17(25)14-27-13-16)5-3-7-24-6-2-4-22-24/h2,4,6,8-9,16-17H,3,5,7,10-14H2,1H3/t16-,17-/m0/s1. The van der Waals surface area contributed by atoms with Crippen LogP contribution in [0.1, 0.15) is 22.6 Å². The quantitative estimate of drug-likeness (QED) is 0.777. The Morgan fingerprint density at radius 2 is 2.11 bits per heavy atom. The van der Waals surface area contributed by atoms with Crippen LogP contribution in [0.3, 0.4) is 0 Å². The van der Waals surface area contributed by atoms with Crippen LogP contribution in [0.5, 0.6) is 0 Å². The first kappa shape index (κ1) is 18.1. The molecule has 2 aliphatic rings. The summed E-state index contributed by atoms with van der Waals surface area (Å²) in [6.45, 7) is 7.58. The van der Waals surface area contributed by atoms with Gasteiger partial charge in [0.2, 0.25) is 0 Å². The maximum Gasteiger partial charge on any atom is 0.274 e. The summed E-state index contributed by atoms with van der Waals surface area (Å²) in [6.07, 6.45) is 8.07. The minimum Gasteiger partial charge on any atom is -0.379 e. The highest BCUT2D eigenvalue weighted by molar-refractivity contribution is 5.92. The van der Waals surface area contributed by atoms with E-state index in [1.165, 1.54) is 0 Å². The van der Waals surface area contributed by atoms with Crippen LogP contribution in [0, 0.1) is 12.8 Å². The third kappa shape index (κ3) is 4.33. The van der Waals surface area contributed by atoms with Gasteiger partial charge in [-0.1, -0.05) is 0 Å². The van der Waals surface area contributed by atoms with Crippen molar-refractivity contribution in [1.82, 2.24) is 29.5 Å². The van der Waals surface area contributed by atoms with Crippen molar-refractivity contribution in [2.45, 2.75) is 25.9 Å². The van der Waals surface area contributed by atoms with E-state index in [1.807, 2.05) is 35.0 Å². The monoisotopic (exact) mass is 370 g/mol. The van der Waals surface area contributed by atoms with Gasteiger partial charge in [-0.05, 0) is 26.0 Å². The molecule has 2 atom stereocenters. The number of aryl methyl sites for hydroxylation is 2. The largest absolute Gasteiger partial charge is 0.379 e. The van der Waals surface area contributed by atoms with Gasteiger partial charge in [-0.25, -0.2) is 4.98 Å². The molecule has 4 rings (SSSR count). The summed E-state index contributed by atoms with van der Waals surface area (Å²) < 4.78 is 7.80. The Labute approximate surface area is 159 Å². The fourth-order valence-corrected chi connectivity index (χ4v) is 3.91. The molecule has 27 heavy (non-hydrogen) atoms. The number of ether oxygens (including phenoxy) is 1. The Morgan fingerprint density at radius 1 is 1.19 bits per heavy atom. The molecule has 4 heterocycles. The van der Waals surface area contributed by atoms with Crippen LogP contribution < -0.4 is 0 Å². The average molecular weight is 370 g/mol. The molecule has 2 aromatic heterocycles. The van der Waals surface area contributed by atoms with Crippen LogP contribution in [0.25, 0.3) is 0 Å². The van der Waals surface area contributed by atoms with Gasteiger partial charge in [0.1, 0.15) is 5.69 Å². The van der Waals surface area contributed by atoms with E-state index in [9.17, 15) is 4.79 Å². The maximum absolute atomic E-state index is 13.0. The highest BCUT2D eigenvalue weighted by atomic mass is 16.5. The van der Waals surface area contributed by atoms with Crippen LogP contribution >= 0.6 is 0 Å². The van der Waals surface area contributed by atoms with Gasteiger partial charge in [-0.2, -0.15) is 5.10 Å². The lowest BCUT2D eigenvalue weighted by atomic mass is 10.1. The van der Waals surface area contributed by atoms with Crippen LogP contribution in [0.15, 0.2) is 30.9 Å². The van der Waals surface area contributed by atoms with Gasteiger partial charge in [-0.15, -0.1) is 0 Å². The summed E-state index contributed by atoms with van der Waals surface area (Å²) in [4.78, 5) is 25.9. The first-order chi connectivity index (χ1) is 13.2. The van der Waals surface area contributed by atoms with Crippen LogP contribution in [0.2, 0.25) is 0 Å². The van der Waals surface area contributed by atoms with Crippen molar-refractivity contribution in [3.63, 3.8) is 0 Å². The Hall–Kier alpha value is -2.32. The van der Waals surface area contributed by atoms with Crippen LogP contribution in [0.4, 0.5) is 0 Å². The van der Waals surface area contributed by atoms with Gasteiger partial charge < -0.3 is 14.5 Å². The predicted molar refractivity (Wildman–Crippen MR) is 99.2 cm³/mol. The molecule has 144 valence electrons. The van der Waals surface area contributed by atoms with Crippen molar-refractivity contribution < 1.29 is 9.53 Å². The zero-order valence-corrected chi connectivity index (χ0v) is 15.7. The summed E-state index contributed by atoms with van der Waals surface area (Å²) in [7, 11) is 0. The minimum atomic E-state index is -0.0404. The number of nitrogens with zero attached hydrogens (tertiary/aromatic N) is 6. The van der Waals surface area contributed by atoms with E-state index >= 15 is 0 Å². The van der Waals surface area contributed by atoms with E-state index in [0.29, 0.717) is 31.4 Å². The molecule has 2 aromatic rings. The minimum absolute atomic E-state index is 0.0404.